The number of benzene rings is 1. The molecule has 0 spiro atoms. The second-order valence-electron chi connectivity index (χ2n) is 8.39. The summed E-state index contributed by atoms with van der Waals surface area (Å²) in [4.78, 5) is 14.6. The lowest BCUT2D eigenvalue weighted by molar-refractivity contribution is -0.130. The predicted octanol–water partition coefficient (Wildman–Crippen LogP) is 2.43. The first-order valence-corrected chi connectivity index (χ1v) is 11.4. The van der Waals surface area contributed by atoms with Gasteiger partial charge in [0.1, 0.15) is 23.5 Å². The minimum absolute atomic E-state index is 0.0143. The van der Waals surface area contributed by atoms with Gasteiger partial charge in [0.05, 0.1) is 6.26 Å². The number of carbonyl (C=O) groups is 1. The van der Waals surface area contributed by atoms with Crippen molar-refractivity contribution >= 4 is 5.91 Å². The van der Waals surface area contributed by atoms with Crippen LogP contribution >= 0.6 is 0 Å². The molecule has 32 heavy (non-hydrogen) atoms. The predicted molar refractivity (Wildman–Crippen MR) is 119 cm³/mol. The fraction of sp³-hybridized carbons (Fsp3) is 0.458. The highest BCUT2D eigenvalue weighted by molar-refractivity contribution is 5.80. The summed E-state index contributed by atoms with van der Waals surface area (Å²) >= 11 is 0. The summed E-state index contributed by atoms with van der Waals surface area (Å²) in [6, 6.07) is 12.3. The molecule has 0 bridgehead atoms. The van der Waals surface area contributed by atoms with Crippen LogP contribution in [-0.4, -0.2) is 57.9 Å². The van der Waals surface area contributed by atoms with Crippen LogP contribution in [-0.2, 0) is 35.5 Å². The van der Waals surface area contributed by atoms with Crippen molar-refractivity contribution < 1.29 is 13.9 Å². The molecule has 1 saturated heterocycles. The molecule has 1 fully saturated rings. The minimum atomic E-state index is -0.289. The monoisotopic (exact) mass is 435 g/mol. The molecular formula is C24H29N5O3. The third-order valence-corrected chi connectivity index (χ3v) is 6.26. The van der Waals surface area contributed by atoms with Gasteiger partial charge < -0.3 is 19.0 Å². The third-order valence-electron chi connectivity index (χ3n) is 6.26. The molecule has 8 heteroatoms. The van der Waals surface area contributed by atoms with Crippen molar-refractivity contribution in [3.05, 3.63) is 59.9 Å². The first-order valence-electron chi connectivity index (χ1n) is 11.4. The average Bonchev–Trinajstić information content (AvgIpc) is 3.57. The second-order valence-corrected chi connectivity index (χ2v) is 8.39. The number of furan rings is 1. The van der Waals surface area contributed by atoms with E-state index in [0.29, 0.717) is 19.6 Å². The first-order chi connectivity index (χ1) is 15.8. The van der Waals surface area contributed by atoms with E-state index in [2.05, 4.69) is 49.2 Å². The van der Waals surface area contributed by atoms with Crippen molar-refractivity contribution in [2.45, 2.75) is 44.9 Å². The van der Waals surface area contributed by atoms with Gasteiger partial charge in [0.25, 0.3) is 0 Å². The second kappa shape index (κ2) is 9.67. The summed E-state index contributed by atoms with van der Waals surface area (Å²) in [5, 5.41) is 11.8. The molecule has 0 saturated carbocycles. The van der Waals surface area contributed by atoms with Crippen LogP contribution in [0.1, 0.15) is 30.1 Å². The molecule has 0 aliphatic carbocycles. The Bertz CT molecular complexity index is 1040. The van der Waals surface area contributed by atoms with Crippen molar-refractivity contribution in [1.82, 2.24) is 25.0 Å². The number of hydrogen-bond acceptors (Lipinski definition) is 6. The molecule has 1 N–H and O–H groups in total. The van der Waals surface area contributed by atoms with Crippen molar-refractivity contribution in [2.24, 2.45) is 0 Å². The van der Waals surface area contributed by atoms with Crippen LogP contribution in [0.2, 0.25) is 0 Å². The molecule has 1 unspecified atom stereocenters. The fourth-order valence-corrected chi connectivity index (χ4v) is 4.54. The molecule has 2 aliphatic rings. The number of amides is 1. The largest absolute Gasteiger partial charge is 0.464 e. The topological polar surface area (TPSA) is 85.4 Å². The molecule has 1 aromatic carbocycles. The number of nitrogens with one attached hydrogen (secondary N) is 1. The zero-order chi connectivity index (χ0) is 21.8. The maximum atomic E-state index is 12.2. The van der Waals surface area contributed by atoms with E-state index in [4.69, 9.17) is 9.15 Å². The SMILES string of the molecule is O=C(NCCc1nnc2n1CCN(Cc1ccccc1-c1ccco1)CC2)C1CCCO1. The maximum Gasteiger partial charge on any atom is 0.249 e. The van der Waals surface area contributed by atoms with Crippen molar-refractivity contribution in [1.29, 1.82) is 0 Å². The van der Waals surface area contributed by atoms with Gasteiger partial charge >= 0.3 is 0 Å². The van der Waals surface area contributed by atoms with Gasteiger partial charge in [-0.05, 0) is 30.5 Å². The molecule has 4 heterocycles. The van der Waals surface area contributed by atoms with Gasteiger partial charge in [-0.1, -0.05) is 24.3 Å². The number of aromatic nitrogens is 3. The summed E-state index contributed by atoms with van der Waals surface area (Å²) in [7, 11) is 0. The summed E-state index contributed by atoms with van der Waals surface area (Å²) < 4.78 is 13.3. The molecule has 2 aliphatic heterocycles. The zero-order valence-corrected chi connectivity index (χ0v) is 18.2. The Hall–Kier alpha value is -2.97. The van der Waals surface area contributed by atoms with Crippen LogP contribution in [0.4, 0.5) is 0 Å². The van der Waals surface area contributed by atoms with E-state index in [0.717, 1.165) is 68.4 Å². The molecular weight excluding hydrogens is 406 g/mol. The van der Waals surface area contributed by atoms with Crippen LogP contribution in [0.5, 0.6) is 0 Å². The normalized spacial score (nSPS) is 18.9. The van der Waals surface area contributed by atoms with E-state index >= 15 is 0 Å². The van der Waals surface area contributed by atoms with E-state index in [1.807, 2.05) is 12.1 Å². The Morgan fingerprint density at radius 2 is 2.06 bits per heavy atom. The third kappa shape index (κ3) is 4.61. The fourth-order valence-electron chi connectivity index (χ4n) is 4.54. The zero-order valence-electron chi connectivity index (χ0n) is 18.2. The Morgan fingerprint density at radius 1 is 1.12 bits per heavy atom. The minimum Gasteiger partial charge on any atom is -0.464 e. The lowest BCUT2D eigenvalue weighted by atomic mass is 10.0. The molecule has 2 aromatic heterocycles. The Kier molecular flexibility index (Phi) is 6.31. The molecule has 8 nitrogen and oxygen atoms in total. The Labute approximate surface area is 187 Å². The number of nitrogens with zero attached hydrogens (tertiary/aromatic N) is 4. The summed E-state index contributed by atoms with van der Waals surface area (Å²) in [5.41, 5.74) is 2.40. The van der Waals surface area contributed by atoms with Gasteiger partial charge in [-0.15, -0.1) is 10.2 Å². The highest BCUT2D eigenvalue weighted by atomic mass is 16.5. The molecule has 168 valence electrons. The van der Waals surface area contributed by atoms with Crippen molar-refractivity contribution in [2.75, 3.05) is 26.2 Å². The highest BCUT2D eigenvalue weighted by Gasteiger charge is 2.24. The number of fused-ring (bicyclic) bond motifs is 1. The smallest absolute Gasteiger partial charge is 0.249 e. The summed E-state index contributed by atoms with van der Waals surface area (Å²) in [5.74, 6) is 2.84. The van der Waals surface area contributed by atoms with Crippen LogP contribution < -0.4 is 5.32 Å². The maximum absolute atomic E-state index is 12.2. The molecule has 0 radical (unpaired) electrons. The van der Waals surface area contributed by atoms with Gasteiger partial charge in [-0.25, -0.2) is 0 Å². The molecule has 1 amide bonds. The summed E-state index contributed by atoms with van der Waals surface area (Å²) in [6.45, 7) is 4.80. The molecule has 1 atom stereocenters. The van der Waals surface area contributed by atoms with Crippen LogP contribution in [0.15, 0.2) is 47.1 Å². The Balaban J connectivity index is 1.18. The van der Waals surface area contributed by atoms with E-state index < -0.39 is 0 Å². The lowest BCUT2D eigenvalue weighted by Crippen LogP contribution is -2.35. The lowest BCUT2D eigenvalue weighted by Gasteiger charge is -2.21. The van der Waals surface area contributed by atoms with Crippen LogP contribution in [0.3, 0.4) is 0 Å². The standard InChI is InChI=1S/C24H29N5O3/c30-24(21-8-4-16-32-21)25-11-9-22-26-27-23-10-12-28(13-14-29(22)23)17-18-5-1-2-6-19(18)20-7-3-15-31-20/h1-3,5-7,15,21H,4,8-14,16-17H2,(H,25,30). The van der Waals surface area contributed by atoms with Gasteiger partial charge in [0.15, 0.2) is 0 Å². The average molecular weight is 436 g/mol. The van der Waals surface area contributed by atoms with E-state index in [1.54, 1.807) is 6.26 Å². The van der Waals surface area contributed by atoms with Crippen LogP contribution in [0.25, 0.3) is 11.3 Å². The van der Waals surface area contributed by atoms with Gasteiger partial charge in [0, 0.05) is 57.7 Å². The van der Waals surface area contributed by atoms with Gasteiger partial charge in [-0.3, -0.25) is 9.69 Å². The number of ether oxygens (including phenoxy) is 1. The summed E-state index contributed by atoms with van der Waals surface area (Å²) in [6.07, 6.45) is 4.73. The van der Waals surface area contributed by atoms with E-state index in [1.165, 1.54) is 5.56 Å². The number of hydrogen-bond donors (Lipinski definition) is 1. The first kappa shape index (κ1) is 20.9. The Morgan fingerprint density at radius 3 is 2.91 bits per heavy atom. The van der Waals surface area contributed by atoms with E-state index in [9.17, 15) is 4.79 Å². The molecule has 3 aromatic rings. The molecule has 5 rings (SSSR count). The van der Waals surface area contributed by atoms with Crippen molar-refractivity contribution in [3.63, 3.8) is 0 Å². The number of rotatable bonds is 7. The number of carbonyl (C=O) groups excluding carboxylic acids is 1. The van der Waals surface area contributed by atoms with E-state index in [-0.39, 0.29) is 12.0 Å². The highest BCUT2D eigenvalue weighted by Crippen LogP contribution is 2.25. The van der Waals surface area contributed by atoms with Crippen molar-refractivity contribution in [3.8, 4) is 11.3 Å². The van der Waals surface area contributed by atoms with Gasteiger partial charge in [-0.2, -0.15) is 0 Å². The van der Waals surface area contributed by atoms with Gasteiger partial charge in [0.2, 0.25) is 5.91 Å². The van der Waals surface area contributed by atoms with Crippen LogP contribution in [0, 0.1) is 0 Å². The quantitative estimate of drug-likeness (QED) is 0.614.